The van der Waals surface area contributed by atoms with Gasteiger partial charge in [-0.05, 0) is 62.9 Å². The van der Waals surface area contributed by atoms with E-state index >= 15 is 0 Å². The Bertz CT molecular complexity index is 1300. The minimum atomic E-state index is -3.69. The zero-order valence-corrected chi connectivity index (χ0v) is 25.6. The third-order valence-electron chi connectivity index (χ3n) is 7.00. The first kappa shape index (κ1) is 31.7. The Morgan fingerprint density at radius 2 is 1.65 bits per heavy atom. The van der Waals surface area contributed by atoms with Crippen LogP contribution in [0.2, 0.25) is 0 Å². The van der Waals surface area contributed by atoms with Gasteiger partial charge in [-0.25, -0.2) is 13.2 Å². The summed E-state index contributed by atoms with van der Waals surface area (Å²) < 4.78 is 28.1. The van der Waals surface area contributed by atoms with Crippen LogP contribution >= 0.6 is 11.3 Å². The molecule has 0 saturated carbocycles. The highest BCUT2D eigenvalue weighted by molar-refractivity contribution is 7.89. The van der Waals surface area contributed by atoms with Crippen LogP contribution in [0.1, 0.15) is 84.5 Å². The summed E-state index contributed by atoms with van der Waals surface area (Å²) in [6.07, 6.45) is 3.96. The van der Waals surface area contributed by atoms with Crippen LogP contribution in [-0.2, 0) is 23.0 Å². The van der Waals surface area contributed by atoms with Gasteiger partial charge in [-0.15, -0.1) is 11.3 Å². The first-order valence-corrected chi connectivity index (χ1v) is 16.1. The monoisotopic (exact) mass is 591 g/mol. The molecule has 2 aromatic rings. The van der Waals surface area contributed by atoms with Crippen LogP contribution in [0.4, 0.5) is 9.80 Å². The van der Waals surface area contributed by atoms with E-state index in [2.05, 4.69) is 34.7 Å². The molecule has 10 nitrogen and oxygen atoms in total. The predicted octanol–water partition coefficient (Wildman–Crippen LogP) is 4.43. The number of hydrogen-bond donors (Lipinski definition) is 3. The number of hydrogen-bond acceptors (Lipinski definition) is 7. The van der Waals surface area contributed by atoms with Gasteiger partial charge in [-0.3, -0.25) is 19.8 Å². The van der Waals surface area contributed by atoms with Crippen molar-refractivity contribution in [2.24, 2.45) is 0 Å². The van der Waals surface area contributed by atoms with Crippen molar-refractivity contribution in [1.29, 1.82) is 0 Å². The van der Waals surface area contributed by atoms with Gasteiger partial charge in [0.05, 0.1) is 10.5 Å². The summed E-state index contributed by atoms with van der Waals surface area (Å²) in [5.41, 5.74) is 1.39. The van der Waals surface area contributed by atoms with E-state index in [0.29, 0.717) is 42.7 Å². The molecule has 1 aliphatic rings. The number of unbranched alkanes of at least 4 members (excludes halogenated alkanes) is 2. The second-order valence-corrected chi connectivity index (χ2v) is 13.2. The molecule has 0 radical (unpaired) electrons. The first-order valence-electron chi connectivity index (χ1n) is 13.9. The van der Waals surface area contributed by atoms with Gasteiger partial charge in [-0.2, -0.15) is 4.31 Å². The molecule has 3 N–H and O–H groups in total. The molecular formula is C28H41N5O5S2. The van der Waals surface area contributed by atoms with Crippen molar-refractivity contribution in [2.45, 2.75) is 77.3 Å². The Morgan fingerprint density at radius 3 is 2.20 bits per heavy atom. The smallest absolute Gasteiger partial charge is 0.321 e. The molecule has 0 aliphatic carbocycles. The number of thiophene rings is 1. The second kappa shape index (κ2) is 14.2. The summed E-state index contributed by atoms with van der Waals surface area (Å²) >= 11 is 1.33. The molecule has 0 saturated heterocycles. The minimum absolute atomic E-state index is 0.141. The number of nitrogens with one attached hydrogen (secondary N) is 3. The van der Waals surface area contributed by atoms with Gasteiger partial charge in [-0.1, -0.05) is 26.7 Å². The molecule has 1 aromatic carbocycles. The third kappa shape index (κ3) is 7.48. The Kier molecular flexibility index (Phi) is 11.3. The van der Waals surface area contributed by atoms with E-state index in [1.165, 1.54) is 47.0 Å². The lowest BCUT2D eigenvalue weighted by Crippen LogP contribution is -2.39. The van der Waals surface area contributed by atoms with Crippen LogP contribution in [0.15, 0.2) is 29.2 Å². The third-order valence-corrected chi connectivity index (χ3v) is 10.0. The van der Waals surface area contributed by atoms with Crippen molar-refractivity contribution in [3.05, 3.63) is 45.8 Å². The lowest BCUT2D eigenvalue weighted by molar-refractivity contribution is 0.0963. The fourth-order valence-corrected chi connectivity index (χ4v) is 7.33. The van der Waals surface area contributed by atoms with Gasteiger partial charge in [0.2, 0.25) is 10.0 Å². The van der Waals surface area contributed by atoms with E-state index in [1.54, 1.807) is 0 Å². The Hall–Kier alpha value is -2.80. The molecule has 220 valence electrons. The molecule has 1 aliphatic heterocycles. The molecule has 3 rings (SSSR count). The first-order chi connectivity index (χ1) is 19.0. The summed E-state index contributed by atoms with van der Waals surface area (Å²) in [6.45, 7) is 10.6. The minimum Gasteiger partial charge on any atom is -0.341 e. The molecular weight excluding hydrogens is 550 g/mol. The van der Waals surface area contributed by atoms with E-state index in [-0.39, 0.29) is 10.5 Å². The maximum absolute atomic E-state index is 13.3. The van der Waals surface area contributed by atoms with Crippen LogP contribution in [0.25, 0.3) is 0 Å². The number of fused-ring (bicyclic) bond motifs is 1. The summed E-state index contributed by atoms with van der Waals surface area (Å²) in [5, 5.41) is 7.90. The van der Waals surface area contributed by atoms with Gasteiger partial charge in [0.25, 0.3) is 11.8 Å². The van der Waals surface area contributed by atoms with E-state index in [1.807, 2.05) is 13.8 Å². The number of carbonyl (C=O) groups is 3. The lowest BCUT2D eigenvalue weighted by Gasteiger charge is -2.30. The molecule has 0 unspecified atom stereocenters. The van der Waals surface area contributed by atoms with Crippen LogP contribution in [0.3, 0.4) is 0 Å². The second-order valence-electron chi connectivity index (χ2n) is 10.1. The Balaban J connectivity index is 1.86. The zero-order valence-electron chi connectivity index (χ0n) is 24.0. The highest BCUT2D eigenvalue weighted by Crippen LogP contribution is 2.38. The molecule has 12 heteroatoms. The SMILES string of the molecule is CCCCN(CCCC)S(=O)(=O)c1ccc(C(=O)Nc2sc3c(c2C(=O)NC(=O)NC)CCN(C(C)C)C3)cc1. The molecule has 0 atom stereocenters. The highest BCUT2D eigenvalue weighted by Gasteiger charge is 2.30. The number of amides is 4. The molecule has 4 amide bonds. The van der Waals surface area contributed by atoms with Crippen molar-refractivity contribution in [3.8, 4) is 0 Å². The molecule has 40 heavy (non-hydrogen) atoms. The normalized spacial score (nSPS) is 13.8. The van der Waals surface area contributed by atoms with Crippen LogP contribution in [0.5, 0.6) is 0 Å². The Morgan fingerprint density at radius 1 is 1.02 bits per heavy atom. The number of nitrogens with zero attached hydrogens (tertiary/aromatic N) is 2. The topological polar surface area (TPSA) is 128 Å². The lowest BCUT2D eigenvalue weighted by atomic mass is 10.0. The maximum Gasteiger partial charge on any atom is 0.321 e. The summed E-state index contributed by atoms with van der Waals surface area (Å²) in [7, 11) is -2.26. The van der Waals surface area contributed by atoms with Gasteiger partial charge in [0.1, 0.15) is 5.00 Å². The van der Waals surface area contributed by atoms with E-state index in [9.17, 15) is 22.8 Å². The van der Waals surface area contributed by atoms with Gasteiger partial charge in [0, 0.05) is 49.7 Å². The highest BCUT2D eigenvalue weighted by atomic mass is 32.2. The number of anilines is 1. The van der Waals surface area contributed by atoms with Gasteiger partial charge in [0.15, 0.2) is 0 Å². The predicted molar refractivity (Wildman–Crippen MR) is 158 cm³/mol. The van der Waals surface area contributed by atoms with Crippen molar-refractivity contribution in [3.63, 3.8) is 0 Å². The van der Waals surface area contributed by atoms with E-state index in [4.69, 9.17) is 0 Å². The largest absolute Gasteiger partial charge is 0.341 e. The molecule has 0 bridgehead atoms. The summed E-state index contributed by atoms with van der Waals surface area (Å²) in [4.78, 5) is 41.6. The molecule has 0 fully saturated rings. The number of carbonyl (C=O) groups excluding carboxylic acids is 3. The number of imide groups is 1. The number of benzene rings is 1. The van der Waals surface area contributed by atoms with Crippen LogP contribution in [0, 0.1) is 0 Å². The molecule has 0 spiro atoms. The van der Waals surface area contributed by atoms with E-state index < -0.39 is 27.9 Å². The number of urea groups is 1. The number of rotatable bonds is 12. The Labute approximate surface area is 241 Å². The van der Waals surface area contributed by atoms with Crippen LogP contribution < -0.4 is 16.0 Å². The quantitative estimate of drug-likeness (QED) is 0.335. The van der Waals surface area contributed by atoms with E-state index in [0.717, 1.165) is 42.7 Å². The maximum atomic E-state index is 13.3. The van der Waals surface area contributed by atoms with Gasteiger partial charge < -0.3 is 10.6 Å². The zero-order chi connectivity index (χ0) is 29.4. The fraction of sp³-hybridized carbons (Fsp3) is 0.536. The van der Waals surface area contributed by atoms with Crippen molar-refractivity contribution < 1.29 is 22.8 Å². The standard InChI is InChI=1S/C28H41N5O5S2/c1-6-8-15-33(16-9-7-2)40(37,38)21-12-10-20(11-13-21)25(34)30-27-24(26(35)31-28(36)29-5)22-14-17-32(19(3)4)18-23(22)39-27/h10-13,19H,6-9,14-18H2,1-5H3,(H,30,34)(H2,29,31,35,36). The van der Waals surface area contributed by atoms with Crippen molar-refractivity contribution in [1.82, 2.24) is 19.8 Å². The average Bonchev–Trinajstić information content (AvgIpc) is 3.29. The summed E-state index contributed by atoms with van der Waals surface area (Å²) in [6, 6.07) is 5.57. The number of sulfonamides is 1. The fourth-order valence-electron chi connectivity index (χ4n) is 4.54. The van der Waals surface area contributed by atoms with Gasteiger partial charge >= 0.3 is 6.03 Å². The van der Waals surface area contributed by atoms with Crippen molar-refractivity contribution >= 4 is 44.2 Å². The molecule has 2 heterocycles. The summed E-state index contributed by atoms with van der Waals surface area (Å²) in [5.74, 6) is -1.04. The van der Waals surface area contributed by atoms with Crippen molar-refractivity contribution in [2.75, 3.05) is 32.0 Å². The van der Waals surface area contributed by atoms with Crippen LogP contribution in [-0.4, -0.2) is 68.2 Å². The molecule has 1 aromatic heterocycles. The average molecular weight is 592 g/mol.